The zero-order valence-electron chi connectivity index (χ0n) is 11.8. The lowest BCUT2D eigenvalue weighted by atomic mass is 9.86. The van der Waals surface area contributed by atoms with Crippen molar-refractivity contribution < 1.29 is 4.74 Å². The standard InChI is InChI=1S/C16H16Br2ClNO/c1-16(20,13-5-3-12(18)8-14(13)19)9-10-7-11(17)4-6-15(10)21-2/h3-8H,9,20H2,1-2H3. The first-order valence-corrected chi connectivity index (χ1v) is 8.37. The quantitative estimate of drug-likeness (QED) is 0.711. The maximum atomic E-state index is 6.52. The van der Waals surface area contributed by atoms with Crippen molar-refractivity contribution in [3.8, 4) is 5.75 Å². The fourth-order valence-corrected chi connectivity index (χ4v) is 3.63. The number of ether oxygens (including phenoxy) is 1. The van der Waals surface area contributed by atoms with Gasteiger partial charge in [0.05, 0.1) is 7.11 Å². The average molecular weight is 434 g/mol. The predicted molar refractivity (Wildman–Crippen MR) is 95.1 cm³/mol. The molecule has 21 heavy (non-hydrogen) atoms. The van der Waals surface area contributed by atoms with Crippen LogP contribution in [-0.4, -0.2) is 7.11 Å². The van der Waals surface area contributed by atoms with Gasteiger partial charge < -0.3 is 10.5 Å². The van der Waals surface area contributed by atoms with E-state index < -0.39 is 5.54 Å². The Kier molecular flexibility index (Phi) is 5.36. The molecule has 112 valence electrons. The van der Waals surface area contributed by atoms with E-state index >= 15 is 0 Å². The molecule has 0 heterocycles. The molecule has 0 aromatic heterocycles. The molecule has 2 nitrogen and oxygen atoms in total. The van der Waals surface area contributed by atoms with Gasteiger partial charge in [-0.1, -0.05) is 49.5 Å². The zero-order valence-corrected chi connectivity index (χ0v) is 15.7. The van der Waals surface area contributed by atoms with Gasteiger partial charge in [-0.05, 0) is 54.8 Å². The number of hydrogen-bond donors (Lipinski definition) is 1. The Labute approximate surface area is 146 Å². The predicted octanol–water partition coefficient (Wildman–Crippen LogP) is 5.29. The molecule has 0 bridgehead atoms. The summed E-state index contributed by atoms with van der Waals surface area (Å²) in [5.74, 6) is 0.822. The van der Waals surface area contributed by atoms with Gasteiger partial charge in [0.25, 0.3) is 0 Å². The van der Waals surface area contributed by atoms with Crippen LogP contribution in [-0.2, 0) is 12.0 Å². The second-order valence-corrected chi connectivity index (χ2v) is 7.41. The van der Waals surface area contributed by atoms with Gasteiger partial charge in [-0.2, -0.15) is 0 Å². The third kappa shape index (κ3) is 4.01. The van der Waals surface area contributed by atoms with Crippen LogP contribution in [0.15, 0.2) is 45.3 Å². The van der Waals surface area contributed by atoms with E-state index in [0.29, 0.717) is 11.4 Å². The van der Waals surface area contributed by atoms with Gasteiger partial charge in [0, 0.05) is 19.5 Å². The van der Waals surface area contributed by atoms with Crippen LogP contribution in [0.25, 0.3) is 0 Å². The molecule has 0 aliphatic rings. The normalized spacial score (nSPS) is 13.8. The largest absolute Gasteiger partial charge is 0.496 e. The molecule has 0 aliphatic carbocycles. The molecule has 0 saturated carbocycles. The van der Waals surface area contributed by atoms with E-state index in [-0.39, 0.29) is 0 Å². The molecule has 1 unspecified atom stereocenters. The minimum atomic E-state index is -0.591. The minimum absolute atomic E-state index is 0.591. The average Bonchev–Trinajstić information content (AvgIpc) is 2.37. The molecule has 5 heteroatoms. The molecular formula is C16H16Br2ClNO. The summed E-state index contributed by atoms with van der Waals surface area (Å²) in [5.41, 5.74) is 7.88. The molecule has 2 aromatic carbocycles. The topological polar surface area (TPSA) is 35.2 Å². The number of methoxy groups -OCH3 is 1. The highest BCUT2D eigenvalue weighted by Crippen LogP contribution is 2.34. The lowest BCUT2D eigenvalue weighted by Gasteiger charge is -2.27. The highest BCUT2D eigenvalue weighted by atomic mass is 79.9. The third-order valence-corrected chi connectivity index (χ3v) is 4.65. The monoisotopic (exact) mass is 431 g/mol. The fourth-order valence-electron chi connectivity index (χ4n) is 2.33. The molecular weight excluding hydrogens is 417 g/mol. The number of hydrogen-bond acceptors (Lipinski definition) is 2. The van der Waals surface area contributed by atoms with Crippen molar-refractivity contribution in [1.29, 1.82) is 0 Å². The Hall–Kier alpha value is -0.550. The van der Waals surface area contributed by atoms with Gasteiger partial charge in [-0.15, -0.1) is 0 Å². The molecule has 0 amide bonds. The molecule has 2 rings (SSSR count). The highest BCUT2D eigenvalue weighted by molar-refractivity contribution is 9.10. The minimum Gasteiger partial charge on any atom is -0.496 e. The van der Waals surface area contributed by atoms with Crippen LogP contribution in [0.5, 0.6) is 5.75 Å². The van der Waals surface area contributed by atoms with Crippen LogP contribution < -0.4 is 10.5 Å². The summed E-state index contributed by atoms with van der Waals surface area (Å²) in [6, 6.07) is 11.7. The first-order valence-electron chi connectivity index (χ1n) is 6.40. The molecule has 2 aromatic rings. The van der Waals surface area contributed by atoms with Crippen molar-refractivity contribution >= 4 is 43.5 Å². The van der Waals surface area contributed by atoms with Crippen LogP contribution in [0.4, 0.5) is 0 Å². The van der Waals surface area contributed by atoms with E-state index in [2.05, 4.69) is 31.9 Å². The van der Waals surface area contributed by atoms with Gasteiger partial charge in [-0.3, -0.25) is 0 Å². The van der Waals surface area contributed by atoms with Crippen molar-refractivity contribution in [1.82, 2.24) is 0 Å². The Bertz CT molecular complexity index is 659. The summed E-state index contributed by atoms with van der Waals surface area (Å²) in [6.07, 6.45) is 0.622. The molecule has 0 radical (unpaired) electrons. The first kappa shape index (κ1) is 16.8. The van der Waals surface area contributed by atoms with Gasteiger partial charge in [0.15, 0.2) is 0 Å². The van der Waals surface area contributed by atoms with Gasteiger partial charge in [-0.25, -0.2) is 0 Å². The van der Waals surface area contributed by atoms with Gasteiger partial charge >= 0.3 is 0 Å². The van der Waals surface area contributed by atoms with E-state index in [4.69, 9.17) is 22.1 Å². The summed E-state index contributed by atoms with van der Waals surface area (Å²) in [6.45, 7) is 1.97. The maximum absolute atomic E-state index is 6.52. The molecule has 0 fully saturated rings. The maximum Gasteiger partial charge on any atom is 0.122 e. The highest BCUT2D eigenvalue weighted by Gasteiger charge is 2.26. The second kappa shape index (κ2) is 6.69. The van der Waals surface area contributed by atoms with Crippen LogP contribution in [0.1, 0.15) is 18.1 Å². The van der Waals surface area contributed by atoms with Crippen molar-refractivity contribution in [2.75, 3.05) is 7.11 Å². The molecule has 0 spiro atoms. The summed E-state index contributed by atoms with van der Waals surface area (Å²) in [7, 11) is 1.66. The molecule has 0 aliphatic heterocycles. The van der Waals surface area contributed by atoms with Crippen LogP contribution in [0, 0.1) is 0 Å². The van der Waals surface area contributed by atoms with Crippen molar-refractivity contribution in [3.63, 3.8) is 0 Å². The lowest BCUT2D eigenvalue weighted by molar-refractivity contribution is 0.399. The van der Waals surface area contributed by atoms with E-state index in [1.54, 1.807) is 7.11 Å². The van der Waals surface area contributed by atoms with E-state index in [9.17, 15) is 0 Å². The molecule has 1 atom stereocenters. The Morgan fingerprint density at radius 2 is 1.76 bits per heavy atom. The second-order valence-electron chi connectivity index (χ2n) is 5.17. The van der Waals surface area contributed by atoms with E-state index in [1.807, 2.05) is 43.3 Å². The number of rotatable bonds is 4. The van der Waals surface area contributed by atoms with Crippen LogP contribution in [0.2, 0.25) is 5.02 Å². The van der Waals surface area contributed by atoms with Crippen LogP contribution in [0.3, 0.4) is 0 Å². The SMILES string of the molecule is COc1ccc(Br)cc1CC(C)(N)c1ccc(Br)cc1Cl. The molecule has 2 N–H and O–H groups in total. The zero-order chi connectivity index (χ0) is 15.6. The van der Waals surface area contributed by atoms with Gasteiger partial charge in [0.1, 0.15) is 5.75 Å². The summed E-state index contributed by atoms with van der Waals surface area (Å²) >= 11 is 13.2. The Morgan fingerprint density at radius 3 is 2.38 bits per heavy atom. The number of halogens is 3. The van der Waals surface area contributed by atoms with Crippen LogP contribution >= 0.6 is 43.5 Å². The smallest absolute Gasteiger partial charge is 0.122 e. The van der Waals surface area contributed by atoms with Crippen molar-refractivity contribution in [2.45, 2.75) is 18.9 Å². The van der Waals surface area contributed by atoms with E-state index in [1.165, 1.54) is 0 Å². The summed E-state index contributed by atoms with van der Waals surface area (Å²) in [4.78, 5) is 0. The van der Waals surface area contributed by atoms with Crippen molar-refractivity contribution in [3.05, 3.63) is 61.5 Å². The number of benzene rings is 2. The third-order valence-electron chi connectivity index (χ3n) is 3.35. The summed E-state index contributed by atoms with van der Waals surface area (Å²) < 4.78 is 7.35. The van der Waals surface area contributed by atoms with E-state index in [0.717, 1.165) is 25.8 Å². The fraction of sp³-hybridized carbons (Fsp3) is 0.250. The summed E-state index contributed by atoms with van der Waals surface area (Å²) in [5, 5.41) is 0.656. The van der Waals surface area contributed by atoms with Crippen molar-refractivity contribution in [2.24, 2.45) is 5.73 Å². The lowest BCUT2D eigenvalue weighted by Crippen LogP contribution is -2.36. The number of nitrogens with two attached hydrogens (primary N) is 1. The first-order chi connectivity index (χ1) is 9.83. The Morgan fingerprint density at radius 1 is 1.14 bits per heavy atom. The molecule has 0 saturated heterocycles. The Balaban J connectivity index is 2.39. The van der Waals surface area contributed by atoms with Gasteiger partial charge in [0.2, 0.25) is 0 Å².